The Balaban J connectivity index is 1.29. The van der Waals surface area contributed by atoms with Gasteiger partial charge in [-0.05, 0) is 43.5 Å². The van der Waals surface area contributed by atoms with Gasteiger partial charge in [0, 0.05) is 19.6 Å². The lowest BCUT2D eigenvalue weighted by molar-refractivity contribution is 0.347. The molecule has 6 nitrogen and oxygen atoms in total. The van der Waals surface area contributed by atoms with Crippen LogP contribution in [0.2, 0.25) is 0 Å². The summed E-state index contributed by atoms with van der Waals surface area (Å²) >= 11 is 0. The smallest absolute Gasteiger partial charge is 0.243 e. The first-order valence-corrected chi connectivity index (χ1v) is 9.05. The highest BCUT2D eigenvalue weighted by Gasteiger charge is 2.23. The molecule has 1 atom stereocenters. The zero-order valence-corrected chi connectivity index (χ0v) is 14.9. The molecule has 0 amide bonds. The second-order valence-electron chi connectivity index (χ2n) is 6.70. The van der Waals surface area contributed by atoms with Gasteiger partial charge < -0.3 is 14.6 Å². The Morgan fingerprint density at radius 3 is 2.88 bits per heavy atom. The van der Waals surface area contributed by atoms with Crippen molar-refractivity contribution < 1.29 is 4.42 Å². The van der Waals surface area contributed by atoms with Gasteiger partial charge in [0.05, 0.1) is 6.20 Å². The molecule has 1 aromatic carbocycles. The van der Waals surface area contributed by atoms with Crippen LogP contribution in [0.15, 0.2) is 53.1 Å². The Hall–Kier alpha value is -2.73. The number of nitrogens with zero attached hydrogens (tertiary/aromatic N) is 4. The van der Waals surface area contributed by atoms with Crippen molar-refractivity contribution in [1.29, 1.82) is 0 Å². The van der Waals surface area contributed by atoms with Crippen molar-refractivity contribution in [2.75, 3.05) is 31.5 Å². The lowest BCUT2D eigenvalue weighted by Crippen LogP contribution is -2.27. The third kappa shape index (κ3) is 3.91. The molecule has 1 aliphatic heterocycles. The molecule has 0 saturated carbocycles. The fraction of sp³-hybridized carbons (Fsp3) is 0.350. The molecule has 6 heteroatoms. The maximum absolute atomic E-state index is 5.60. The van der Waals surface area contributed by atoms with Gasteiger partial charge in [-0.1, -0.05) is 30.3 Å². The molecule has 1 aliphatic rings. The SMILES string of the molecule is Cc1ccc(-c2cnnc(NCCN3CCC(c4ccccc4)C3)n2)o1. The van der Waals surface area contributed by atoms with E-state index >= 15 is 0 Å². The molecular formula is C20H23N5O. The van der Waals surface area contributed by atoms with Crippen molar-refractivity contribution in [3.8, 4) is 11.5 Å². The van der Waals surface area contributed by atoms with E-state index in [1.54, 1.807) is 6.20 Å². The highest BCUT2D eigenvalue weighted by molar-refractivity contribution is 5.52. The largest absolute Gasteiger partial charge is 0.460 e. The Bertz CT molecular complexity index is 848. The van der Waals surface area contributed by atoms with Crippen LogP contribution in [0.3, 0.4) is 0 Å². The molecule has 1 saturated heterocycles. The molecule has 134 valence electrons. The molecule has 1 fully saturated rings. The second kappa shape index (κ2) is 7.66. The van der Waals surface area contributed by atoms with E-state index in [0.717, 1.165) is 31.9 Å². The van der Waals surface area contributed by atoms with Gasteiger partial charge >= 0.3 is 0 Å². The van der Waals surface area contributed by atoms with Crippen molar-refractivity contribution in [2.24, 2.45) is 0 Å². The number of furan rings is 1. The minimum Gasteiger partial charge on any atom is -0.460 e. The van der Waals surface area contributed by atoms with E-state index in [1.165, 1.54) is 12.0 Å². The molecule has 1 unspecified atom stereocenters. The topological polar surface area (TPSA) is 67.1 Å². The average molecular weight is 349 g/mol. The molecule has 3 heterocycles. The van der Waals surface area contributed by atoms with Crippen molar-refractivity contribution in [3.05, 3.63) is 60.0 Å². The van der Waals surface area contributed by atoms with Crippen LogP contribution in [-0.2, 0) is 0 Å². The molecular weight excluding hydrogens is 326 g/mol. The molecule has 26 heavy (non-hydrogen) atoms. The summed E-state index contributed by atoms with van der Waals surface area (Å²) in [6.45, 7) is 5.92. The molecule has 1 N–H and O–H groups in total. The van der Waals surface area contributed by atoms with Crippen LogP contribution in [0, 0.1) is 6.92 Å². The van der Waals surface area contributed by atoms with E-state index < -0.39 is 0 Å². The predicted molar refractivity (Wildman–Crippen MR) is 101 cm³/mol. The maximum Gasteiger partial charge on any atom is 0.243 e. The quantitative estimate of drug-likeness (QED) is 0.736. The molecule has 0 spiro atoms. The number of hydrogen-bond acceptors (Lipinski definition) is 6. The number of anilines is 1. The number of aromatic nitrogens is 3. The summed E-state index contributed by atoms with van der Waals surface area (Å²) in [7, 11) is 0. The summed E-state index contributed by atoms with van der Waals surface area (Å²) in [4.78, 5) is 6.97. The predicted octanol–water partition coefficient (Wildman–Crippen LogP) is 3.34. The highest BCUT2D eigenvalue weighted by Crippen LogP contribution is 2.26. The Morgan fingerprint density at radius 2 is 2.08 bits per heavy atom. The summed E-state index contributed by atoms with van der Waals surface area (Å²) in [6.07, 6.45) is 2.84. The Kier molecular flexibility index (Phi) is 4.93. The number of hydrogen-bond donors (Lipinski definition) is 1. The van der Waals surface area contributed by atoms with Gasteiger partial charge in [-0.3, -0.25) is 0 Å². The number of nitrogens with one attached hydrogen (secondary N) is 1. The van der Waals surface area contributed by atoms with Crippen LogP contribution in [0.5, 0.6) is 0 Å². The van der Waals surface area contributed by atoms with Crippen molar-refractivity contribution in [1.82, 2.24) is 20.1 Å². The van der Waals surface area contributed by atoms with Crippen LogP contribution >= 0.6 is 0 Å². The average Bonchev–Trinajstić information content (AvgIpc) is 3.32. The van der Waals surface area contributed by atoms with Crippen molar-refractivity contribution in [3.63, 3.8) is 0 Å². The molecule has 0 bridgehead atoms. The van der Waals surface area contributed by atoms with Crippen LogP contribution in [-0.4, -0.2) is 46.3 Å². The van der Waals surface area contributed by atoms with Gasteiger partial charge in [0.25, 0.3) is 0 Å². The van der Waals surface area contributed by atoms with Gasteiger partial charge in [0.15, 0.2) is 5.76 Å². The van der Waals surface area contributed by atoms with Gasteiger partial charge in [0.2, 0.25) is 5.95 Å². The van der Waals surface area contributed by atoms with Crippen LogP contribution in [0.4, 0.5) is 5.95 Å². The lowest BCUT2D eigenvalue weighted by Gasteiger charge is -2.16. The van der Waals surface area contributed by atoms with Crippen LogP contribution < -0.4 is 5.32 Å². The van der Waals surface area contributed by atoms with Crippen molar-refractivity contribution in [2.45, 2.75) is 19.3 Å². The monoisotopic (exact) mass is 349 g/mol. The summed E-state index contributed by atoms with van der Waals surface area (Å²) in [5, 5.41) is 11.4. The lowest BCUT2D eigenvalue weighted by atomic mass is 9.99. The third-order valence-electron chi connectivity index (χ3n) is 4.81. The normalized spacial score (nSPS) is 17.5. The zero-order chi connectivity index (χ0) is 17.8. The first kappa shape index (κ1) is 16.7. The molecule has 0 aliphatic carbocycles. The van der Waals surface area contributed by atoms with E-state index in [-0.39, 0.29) is 0 Å². The number of rotatable bonds is 6. The third-order valence-corrected chi connectivity index (χ3v) is 4.81. The second-order valence-corrected chi connectivity index (χ2v) is 6.70. The van der Waals surface area contributed by atoms with Crippen molar-refractivity contribution >= 4 is 5.95 Å². The minimum atomic E-state index is 0.537. The molecule has 2 aromatic heterocycles. The summed E-state index contributed by atoms with van der Waals surface area (Å²) in [5.74, 6) is 2.75. The highest BCUT2D eigenvalue weighted by atomic mass is 16.3. The number of aryl methyl sites for hydroxylation is 1. The van der Waals surface area contributed by atoms with E-state index in [9.17, 15) is 0 Å². The maximum atomic E-state index is 5.60. The van der Waals surface area contributed by atoms with E-state index in [0.29, 0.717) is 23.3 Å². The van der Waals surface area contributed by atoms with Gasteiger partial charge in [-0.2, -0.15) is 5.10 Å². The summed E-state index contributed by atoms with van der Waals surface area (Å²) in [6, 6.07) is 14.6. The van der Waals surface area contributed by atoms with E-state index in [1.807, 2.05) is 19.1 Å². The fourth-order valence-corrected chi connectivity index (χ4v) is 3.43. The van der Waals surface area contributed by atoms with Gasteiger partial charge in [-0.15, -0.1) is 5.10 Å². The van der Waals surface area contributed by atoms with E-state index in [4.69, 9.17) is 4.42 Å². The molecule has 0 radical (unpaired) electrons. The fourth-order valence-electron chi connectivity index (χ4n) is 3.43. The number of likely N-dealkylation sites (tertiary alicyclic amines) is 1. The Labute approximate surface area is 153 Å². The minimum absolute atomic E-state index is 0.537. The molecule has 3 aromatic rings. The first-order valence-electron chi connectivity index (χ1n) is 9.05. The summed E-state index contributed by atoms with van der Waals surface area (Å²) in [5.41, 5.74) is 2.14. The standard InChI is InChI=1S/C20H23N5O/c1-15-7-8-19(26-15)18-13-22-24-20(23-18)21-10-12-25-11-9-17(14-25)16-5-3-2-4-6-16/h2-8,13,17H,9-12,14H2,1H3,(H,21,23,24). The van der Waals surface area contributed by atoms with Crippen LogP contribution in [0.25, 0.3) is 11.5 Å². The Morgan fingerprint density at radius 1 is 1.19 bits per heavy atom. The first-order chi connectivity index (χ1) is 12.8. The van der Waals surface area contributed by atoms with Crippen LogP contribution in [0.1, 0.15) is 23.7 Å². The summed E-state index contributed by atoms with van der Waals surface area (Å²) < 4.78 is 5.60. The van der Waals surface area contributed by atoms with Gasteiger partial charge in [0.1, 0.15) is 11.5 Å². The molecule has 4 rings (SSSR count). The number of benzene rings is 1. The van der Waals surface area contributed by atoms with Gasteiger partial charge in [-0.25, -0.2) is 4.98 Å². The van der Waals surface area contributed by atoms with E-state index in [2.05, 4.69) is 55.7 Å². The zero-order valence-electron chi connectivity index (χ0n) is 14.9.